The number of aliphatic hydroxyl groups is 1. The van der Waals surface area contributed by atoms with Gasteiger partial charge in [0.25, 0.3) is 0 Å². The van der Waals surface area contributed by atoms with Crippen LogP contribution >= 0.6 is 11.6 Å². The van der Waals surface area contributed by atoms with Crippen LogP contribution in [0.15, 0.2) is 48.8 Å². The molecule has 2 aromatic heterocycles. The molecule has 6 heteroatoms. The maximum atomic E-state index is 9.43. The van der Waals surface area contributed by atoms with Crippen molar-refractivity contribution in [2.24, 2.45) is 0 Å². The molecule has 2 heterocycles. The molecule has 5 nitrogen and oxygen atoms in total. The molecule has 20 heavy (non-hydrogen) atoms. The van der Waals surface area contributed by atoms with Gasteiger partial charge in [0.05, 0.1) is 12.3 Å². The lowest BCUT2D eigenvalue weighted by atomic mass is 10.1. The molecule has 0 spiro atoms. The summed E-state index contributed by atoms with van der Waals surface area (Å²) >= 11 is 5.89. The molecule has 0 atom stereocenters. The maximum Gasteiger partial charge on any atom is 0.117 e. The first kappa shape index (κ1) is 12.8. The van der Waals surface area contributed by atoms with Crippen LogP contribution in [0, 0.1) is 0 Å². The fourth-order valence-electron chi connectivity index (χ4n) is 1.98. The molecule has 3 rings (SSSR count). The van der Waals surface area contributed by atoms with Gasteiger partial charge in [-0.25, -0.2) is 4.68 Å². The second kappa shape index (κ2) is 5.40. The highest BCUT2D eigenvalue weighted by Gasteiger charge is 2.15. The highest BCUT2D eigenvalue weighted by molar-refractivity contribution is 6.30. The van der Waals surface area contributed by atoms with Crippen molar-refractivity contribution < 1.29 is 5.11 Å². The third-order valence-corrected chi connectivity index (χ3v) is 3.17. The first-order valence-electron chi connectivity index (χ1n) is 6.01. The van der Waals surface area contributed by atoms with Gasteiger partial charge in [0.2, 0.25) is 0 Å². The molecule has 0 bridgehead atoms. The minimum atomic E-state index is -0.175. The molecule has 0 saturated heterocycles. The molecule has 0 aliphatic rings. The topological polar surface area (TPSA) is 63.8 Å². The summed E-state index contributed by atoms with van der Waals surface area (Å²) < 4.78 is 1.68. The highest BCUT2D eigenvalue weighted by atomic mass is 35.5. The Labute approximate surface area is 120 Å². The van der Waals surface area contributed by atoms with Gasteiger partial charge >= 0.3 is 0 Å². The number of rotatable bonds is 3. The zero-order valence-corrected chi connectivity index (χ0v) is 11.2. The lowest BCUT2D eigenvalue weighted by Gasteiger charge is -2.07. The lowest BCUT2D eigenvalue weighted by Crippen LogP contribution is -2.00. The molecular weight excluding hydrogens is 276 g/mol. The Bertz CT molecular complexity index is 710. The fourth-order valence-corrected chi connectivity index (χ4v) is 2.11. The van der Waals surface area contributed by atoms with Gasteiger partial charge < -0.3 is 5.11 Å². The zero-order valence-electron chi connectivity index (χ0n) is 10.4. The van der Waals surface area contributed by atoms with Gasteiger partial charge in [-0.15, -0.1) is 5.10 Å². The molecule has 0 saturated carbocycles. The number of hydrogen-bond donors (Lipinski definition) is 1. The van der Waals surface area contributed by atoms with Crippen molar-refractivity contribution in [3.63, 3.8) is 0 Å². The van der Waals surface area contributed by atoms with Gasteiger partial charge in [-0.1, -0.05) is 16.8 Å². The summed E-state index contributed by atoms with van der Waals surface area (Å²) in [6.07, 6.45) is 3.38. The van der Waals surface area contributed by atoms with Gasteiger partial charge in [-0.3, -0.25) is 4.98 Å². The predicted octanol–water partition coefficient (Wildman–Crippen LogP) is 2.47. The molecule has 0 amide bonds. The van der Waals surface area contributed by atoms with Crippen molar-refractivity contribution >= 4 is 11.6 Å². The summed E-state index contributed by atoms with van der Waals surface area (Å²) in [7, 11) is 0. The van der Waals surface area contributed by atoms with Crippen molar-refractivity contribution in [1.82, 2.24) is 20.0 Å². The van der Waals surface area contributed by atoms with E-state index in [1.165, 1.54) is 0 Å². The van der Waals surface area contributed by atoms with Crippen LogP contribution in [0.2, 0.25) is 5.02 Å². The normalized spacial score (nSPS) is 10.7. The second-order valence-corrected chi connectivity index (χ2v) is 4.60. The molecule has 0 fully saturated rings. The van der Waals surface area contributed by atoms with Gasteiger partial charge in [0.1, 0.15) is 11.4 Å². The molecule has 3 aromatic rings. The van der Waals surface area contributed by atoms with Crippen LogP contribution in [0.1, 0.15) is 5.69 Å². The van der Waals surface area contributed by atoms with E-state index in [1.54, 1.807) is 29.2 Å². The number of nitrogens with zero attached hydrogens (tertiary/aromatic N) is 4. The van der Waals surface area contributed by atoms with Gasteiger partial charge in [0, 0.05) is 23.0 Å². The number of hydrogen-bond acceptors (Lipinski definition) is 4. The first-order chi connectivity index (χ1) is 9.79. The summed E-state index contributed by atoms with van der Waals surface area (Å²) in [6.45, 7) is -0.175. The maximum absolute atomic E-state index is 9.43. The van der Waals surface area contributed by atoms with Gasteiger partial charge in [-0.05, 0) is 36.4 Å². The Balaban J connectivity index is 2.17. The van der Waals surface area contributed by atoms with Crippen LogP contribution in [0.4, 0.5) is 0 Å². The van der Waals surface area contributed by atoms with Crippen LogP contribution in [-0.4, -0.2) is 25.1 Å². The predicted molar refractivity (Wildman–Crippen MR) is 75.5 cm³/mol. The third kappa shape index (κ3) is 2.29. The standard InChI is InChI=1S/C14H11ClN4O/c15-11-1-3-12(4-2-11)19-14(13(9-20)17-18-19)10-5-7-16-8-6-10/h1-8,20H,9H2. The van der Waals surface area contributed by atoms with Crippen LogP contribution in [0.3, 0.4) is 0 Å². The summed E-state index contributed by atoms with van der Waals surface area (Å²) in [5.74, 6) is 0. The zero-order chi connectivity index (χ0) is 13.9. The van der Waals surface area contributed by atoms with E-state index in [-0.39, 0.29) is 6.61 Å². The highest BCUT2D eigenvalue weighted by Crippen LogP contribution is 2.25. The Morgan fingerprint density at radius 3 is 2.40 bits per heavy atom. The summed E-state index contributed by atoms with van der Waals surface area (Å²) in [5.41, 5.74) is 2.99. The van der Waals surface area contributed by atoms with Crippen LogP contribution in [0.5, 0.6) is 0 Å². The van der Waals surface area contributed by atoms with Crippen molar-refractivity contribution in [1.29, 1.82) is 0 Å². The largest absolute Gasteiger partial charge is 0.390 e. The Hall–Kier alpha value is -2.24. The van der Waals surface area contributed by atoms with Gasteiger partial charge in [0.15, 0.2) is 0 Å². The van der Waals surface area contributed by atoms with E-state index in [9.17, 15) is 5.11 Å². The van der Waals surface area contributed by atoms with Crippen LogP contribution in [0.25, 0.3) is 16.9 Å². The number of benzene rings is 1. The monoisotopic (exact) mass is 286 g/mol. The van der Waals surface area contributed by atoms with Crippen LogP contribution < -0.4 is 0 Å². The van der Waals surface area contributed by atoms with Crippen molar-refractivity contribution in [3.05, 3.63) is 59.5 Å². The number of aromatic nitrogens is 4. The minimum Gasteiger partial charge on any atom is -0.390 e. The quantitative estimate of drug-likeness (QED) is 0.803. The molecule has 1 aromatic carbocycles. The van der Waals surface area contributed by atoms with E-state index < -0.39 is 0 Å². The Kier molecular flexibility index (Phi) is 3.45. The van der Waals surface area contributed by atoms with Crippen molar-refractivity contribution in [2.45, 2.75) is 6.61 Å². The summed E-state index contributed by atoms with van der Waals surface area (Å²) in [5, 5.41) is 18.2. The molecule has 0 aliphatic heterocycles. The average molecular weight is 287 g/mol. The molecule has 0 aliphatic carbocycles. The van der Waals surface area contributed by atoms with E-state index >= 15 is 0 Å². The minimum absolute atomic E-state index is 0.175. The second-order valence-electron chi connectivity index (χ2n) is 4.17. The van der Waals surface area contributed by atoms with E-state index in [0.717, 1.165) is 16.9 Å². The van der Waals surface area contributed by atoms with Crippen LogP contribution in [-0.2, 0) is 6.61 Å². The number of halogens is 1. The molecule has 0 radical (unpaired) electrons. The van der Waals surface area contributed by atoms with E-state index in [4.69, 9.17) is 11.6 Å². The Morgan fingerprint density at radius 2 is 1.75 bits per heavy atom. The number of pyridine rings is 1. The molecular formula is C14H11ClN4O. The smallest absolute Gasteiger partial charge is 0.117 e. The molecule has 0 unspecified atom stereocenters. The third-order valence-electron chi connectivity index (χ3n) is 2.91. The van der Waals surface area contributed by atoms with Gasteiger partial charge in [-0.2, -0.15) is 0 Å². The van der Waals surface area contributed by atoms with Crippen molar-refractivity contribution in [2.75, 3.05) is 0 Å². The summed E-state index contributed by atoms with van der Waals surface area (Å²) in [6, 6.07) is 11.0. The average Bonchev–Trinajstić information content (AvgIpc) is 2.93. The molecule has 1 N–H and O–H groups in total. The van der Waals surface area contributed by atoms with E-state index in [2.05, 4.69) is 15.3 Å². The SMILES string of the molecule is OCc1nnn(-c2ccc(Cl)cc2)c1-c1ccncc1. The fraction of sp³-hybridized carbons (Fsp3) is 0.0714. The molecule has 100 valence electrons. The summed E-state index contributed by atoms with van der Waals surface area (Å²) in [4.78, 5) is 3.99. The van der Waals surface area contributed by atoms with E-state index in [1.807, 2.05) is 24.3 Å². The first-order valence-corrected chi connectivity index (χ1v) is 6.39. The van der Waals surface area contributed by atoms with Crippen molar-refractivity contribution in [3.8, 4) is 16.9 Å². The Morgan fingerprint density at radius 1 is 1.05 bits per heavy atom. The van der Waals surface area contributed by atoms with E-state index in [0.29, 0.717) is 10.7 Å². The number of aliphatic hydroxyl groups excluding tert-OH is 1. The lowest BCUT2D eigenvalue weighted by molar-refractivity contribution is 0.277.